The molecule has 0 unspecified atom stereocenters. The average molecular weight is 487 g/mol. The van der Waals surface area contributed by atoms with E-state index in [1.54, 1.807) is 6.08 Å². The van der Waals surface area contributed by atoms with Gasteiger partial charge in [0, 0.05) is 0 Å². The monoisotopic (exact) mass is 488 g/mol. The van der Waals surface area contributed by atoms with Gasteiger partial charge in [-0.3, -0.25) is 0 Å². The fraction of sp³-hybridized carbons (Fsp3) is 0.783. The molecule has 0 aromatic heterocycles. The van der Waals surface area contributed by atoms with Crippen molar-refractivity contribution < 1.29 is 14.6 Å². The molecule has 0 atom stereocenters. The number of hydrogen-bond acceptors (Lipinski definition) is 3. The third-order valence-corrected chi connectivity index (χ3v) is 21.4. The van der Waals surface area contributed by atoms with Crippen LogP contribution in [0.25, 0.3) is 0 Å². The van der Waals surface area contributed by atoms with Crippen molar-refractivity contribution in [1.82, 2.24) is 0 Å². The Bertz CT molecular complexity index is 433. The van der Waals surface area contributed by atoms with Crippen molar-refractivity contribution in [2.24, 2.45) is 0 Å². The molecular formula is C23H44O3Sn. The van der Waals surface area contributed by atoms with Crippen LogP contribution in [0, 0.1) is 0 Å². The fourth-order valence-electron chi connectivity index (χ4n) is 3.98. The first-order valence-corrected chi connectivity index (χ1v) is 18.6. The number of rotatable bonds is 16. The number of esters is 1. The van der Waals surface area contributed by atoms with Crippen molar-refractivity contribution >= 4 is 24.3 Å². The van der Waals surface area contributed by atoms with Crippen LogP contribution in [0.15, 0.2) is 21.3 Å². The summed E-state index contributed by atoms with van der Waals surface area (Å²) in [6.07, 6.45) is 14.3. The molecule has 0 bridgehead atoms. The Morgan fingerprint density at radius 1 is 0.926 bits per heavy atom. The van der Waals surface area contributed by atoms with E-state index in [-0.39, 0.29) is 12.6 Å². The van der Waals surface area contributed by atoms with Gasteiger partial charge in [0.25, 0.3) is 0 Å². The Kier molecular flexibility index (Phi) is 16.5. The molecule has 0 amide bonds. The normalized spacial score (nSPS) is 13.1. The Balaban J connectivity index is 6.26. The summed E-state index contributed by atoms with van der Waals surface area (Å²) in [6, 6.07) is 0. The molecule has 0 saturated carbocycles. The van der Waals surface area contributed by atoms with Gasteiger partial charge in [0.1, 0.15) is 0 Å². The summed E-state index contributed by atoms with van der Waals surface area (Å²) in [5, 5.41) is 9.52. The second-order valence-electron chi connectivity index (χ2n) is 7.66. The van der Waals surface area contributed by atoms with Crippen molar-refractivity contribution in [1.29, 1.82) is 0 Å². The number of unbranched alkanes of at least 4 members (excludes halogenated alkanes) is 3. The topological polar surface area (TPSA) is 46.5 Å². The van der Waals surface area contributed by atoms with E-state index in [2.05, 4.69) is 33.8 Å². The summed E-state index contributed by atoms with van der Waals surface area (Å²) in [7, 11) is 1.46. The number of allylic oxidation sites excluding steroid dienone is 2. The molecule has 0 saturated heterocycles. The van der Waals surface area contributed by atoms with Gasteiger partial charge in [0.2, 0.25) is 0 Å². The van der Waals surface area contributed by atoms with Crippen molar-refractivity contribution in [3.8, 4) is 0 Å². The fourth-order valence-corrected chi connectivity index (χ4v) is 21.4. The molecule has 0 aliphatic carbocycles. The predicted molar refractivity (Wildman–Crippen MR) is 120 cm³/mol. The van der Waals surface area contributed by atoms with Crippen LogP contribution in [0.1, 0.15) is 85.5 Å². The quantitative estimate of drug-likeness (QED) is 0.116. The molecule has 0 aliphatic heterocycles. The van der Waals surface area contributed by atoms with E-state index in [0.717, 1.165) is 12.8 Å². The number of aliphatic hydroxyl groups excluding tert-OH is 1. The van der Waals surface area contributed by atoms with E-state index in [0.29, 0.717) is 6.42 Å². The molecular weight excluding hydrogens is 443 g/mol. The molecule has 3 nitrogen and oxygen atoms in total. The average Bonchev–Trinajstić information content (AvgIpc) is 2.68. The third-order valence-electron chi connectivity index (χ3n) is 5.43. The molecule has 1 N–H and O–H groups in total. The number of carbonyl (C=O) groups excluding carboxylic acids is 1. The van der Waals surface area contributed by atoms with Crippen molar-refractivity contribution in [2.75, 3.05) is 13.7 Å². The van der Waals surface area contributed by atoms with Crippen molar-refractivity contribution in [2.45, 2.75) is 98.8 Å². The third kappa shape index (κ3) is 10.2. The Morgan fingerprint density at radius 2 is 1.44 bits per heavy atom. The summed E-state index contributed by atoms with van der Waals surface area (Å²) >= 11 is -2.67. The molecule has 0 radical (unpaired) electrons. The van der Waals surface area contributed by atoms with Gasteiger partial charge in [-0.25, -0.2) is 0 Å². The van der Waals surface area contributed by atoms with Gasteiger partial charge in [-0.15, -0.1) is 0 Å². The van der Waals surface area contributed by atoms with Crippen LogP contribution in [-0.4, -0.2) is 43.2 Å². The Labute approximate surface area is 172 Å². The summed E-state index contributed by atoms with van der Waals surface area (Å²) in [5.74, 6) is -0.241. The SMILES string of the molecule is CCC[CH2][Sn]([CH2]CCC)([CH2]CCC)[C](=C/CCO)/C(=C/C(=O)OC)CCC. The minimum atomic E-state index is -2.67. The number of hydrogen-bond donors (Lipinski definition) is 1. The summed E-state index contributed by atoms with van der Waals surface area (Å²) in [6.45, 7) is 9.20. The van der Waals surface area contributed by atoms with Crippen LogP contribution in [0.5, 0.6) is 0 Å². The molecule has 0 aromatic rings. The molecule has 0 spiro atoms. The number of carbonyl (C=O) groups is 1. The maximum atomic E-state index is 12.1. The number of aliphatic hydroxyl groups is 1. The van der Waals surface area contributed by atoms with Gasteiger partial charge in [-0.1, -0.05) is 0 Å². The first kappa shape index (κ1) is 26.7. The van der Waals surface area contributed by atoms with Crippen molar-refractivity contribution in [3.63, 3.8) is 0 Å². The molecule has 0 heterocycles. The number of ether oxygens (including phenoxy) is 1. The van der Waals surface area contributed by atoms with Gasteiger partial charge < -0.3 is 0 Å². The van der Waals surface area contributed by atoms with E-state index in [4.69, 9.17) is 4.74 Å². The second-order valence-corrected chi connectivity index (χ2v) is 20.8. The van der Waals surface area contributed by atoms with E-state index < -0.39 is 18.4 Å². The first-order chi connectivity index (χ1) is 13.0. The zero-order valence-electron chi connectivity index (χ0n) is 18.6. The van der Waals surface area contributed by atoms with E-state index in [1.165, 1.54) is 68.1 Å². The van der Waals surface area contributed by atoms with E-state index >= 15 is 0 Å². The van der Waals surface area contributed by atoms with Gasteiger partial charge in [-0.2, -0.15) is 0 Å². The van der Waals surface area contributed by atoms with Crippen LogP contribution in [-0.2, 0) is 9.53 Å². The van der Waals surface area contributed by atoms with Gasteiger partial charge in [0.15, 0.2) is 0 Å². The maximum absolute atomic E-state index is 12.1. The Hall–Kier alpha value is -0.291. The molecule has 0 aromatic carbocycles. The van der Waals surface area contributed by atoms with Crippen LogP contribution in [0.2, 0.25) is 13.3 Å². The zero-order chi connectivity index (χ0) is 20.5. The standard InChI is InChI=1S/C11H17O3.3C4H9.Sn/c1-3-6-10(7-4-5-8-12)9-11(13)14-2;3*1-3-4-2;/h4,9,12H,3,5-6,8H2,1-2H3;3*1,3-4H2,2H3;/b7-4?,10-9+;;;;. The van der Waals surface area contributed by atoms with Crippen molar-refractivity contribution in [3.05, 3.63) is 21.3 Å². The summed E-state index contributed by atoms with van der Waals surface area (Å²) < 4.78 is 10.6. The molecule has 158 valence electrons. The number of methoxy groups -OCH3 is 1. The summed E-state index contributed by atoms with van der Waals surface area (Å²) in [4.78, 5) is 12.1. The van der Waals surface area contributed by atoms with E-state index in [9.17, 15) is 9.90 Å². The van der Waals surface area contributed by atoms with Gasteiger partial charge >= 0.3 is 173 Å². The minimum absolute atomic E-state index is 0.179. The zero-order valence-corrected chi connectivity index (χ0v) is 21.5. The predicted octanol–water partition coefficient (Wildman–Crippen LogP) is 6.58. The Morgan fingerprint density at radius 3 is 1.81 bits per heavy atom. The second kappa shape index (κ2) is 16.6. The molecule has 27 heavy (non-hydrogen) atoms. The summed E-state index contributed by atoms with van der Waals surface area (Å²) in [5.41, 5.74) is 1.21. The molecule has 0 aliphatic rings. The first-order valence-electron chi connectivity index (χ1n) is 11.1. The van der Waals surface area contributed by atoms with Crippen LogP contribution < -0.4 is 0 Å². The molecule has 0 rings (SSSR count). The van der Waals surface area contributed by atoms with Crippen LogP contribution in [0.3, 0.4) is 0 Å². The molecule has 0 fully saturated rings. The van der Waals surface area contributed by atoms with Crippen LogP contribution >= 0.6 is 0 Å². The van der Waals surface area contributed by atoms with E-state index in [1.807, 2.05) is 0 Å². The van der Waals surface area contributed by atoms with Crippen LogP contribution in [0.4, 0.5) is 0 Å². The molecule has 4 heteroatoms. The van der Waals surface area contributed by atoms with Gasteiger partial charge in [0.05, 0.1) is 0 Å². The van der Waals surface area contributed by atoms with Gasteiger partial charge in [-0.05, 0) is 0 Å².